The molecular formula is C12H18N2O2. The van der Waals surface area contributed by atoms with Crippen LogP contribution in [0.4, 0.5) is 0 Å². The molecule has 1 aliphatic rings. The molecule has 1 aliphatic carbocycles. The van der Waals surface area contributed by atoms with Gasteiger partial charge < -0.3 is 5.11 Å². The Morgan fingerprint density at radius 3 is 2.94 bits per heavy atom. The second-order valence-corrected chi connectivity index (χ2v) is 4.53. The highest BCUT2D eigenvalue weighted by Gasteiger charge is 2.26. The largest absolute Gasteiger partial charge is 0.478 e. The van der Waals surface area contributed by atoms with Crippen molar-refractivity contribution in [1.82, 2.24) is 9.78 Å². The summed E-state index contributed by atoms with van der Waals surface area (Å²) in [6, 6.07) is 0.395. The van der Waals surface area contributed by atoms with Crippen molar-refractivity contribution in [3.8, 4) is 0 Å². The zero-order chi connectivity index (χ0) is 11.5. The van der Waals surface area contributed by atoms with Crippen molar-refractivity contribution in [3.63, 3.8) is 0 Å². The van der Waals surface area contributed by atoms with E-state index in [0.29, 0.717) is 17.5 Å². The number of carboxylic acid groups (broad SMARTS) is 1. The molecule has 1 fully saturated rings. The number of carbonyl (C=O) groups is 1. The van der Waals surface area contributed by atoms with Crippen LogP contribution in [0.15, 0.2) is 12.4 Å². The van der Waals surface area contributed by atoms with Crippen LogP contribution in [0.25, 0.3) is 0 Å². The summed E-state index contributed by atoms with van der Waals surface area (Å²) in [5, 5.41) is 13.1. The van der Waals surface area contributed by atoms with Gasteiger partial charge in [-0.1, -0.05) is 26.2 Å². The van der Waals surface area contributed by atoms with E-state index in [1.807, 2.05) is 4.68 Å². The van der Waals surface area contributed by atoms with Gasteiger partial charge in [-0.15, -0.1) is 0 Å². The Hall–Kier alpha value is -1.32. The third kappa shape index (κ3) is 2.10. The highest BCUT2D eigenvalue weighted by Crippen LogP contribution is 2.35. The lowest BCUT2D eigenvalue weighted by atomic mass is 9.83. The molecule has 0 bridgehead atoms. The fourth-order valence-electron chi connectivity index (χ4n) is 2.64. The summed E-state index contributed by atoms with van der Waals surface area (Å²) in [7, 11) is 0. The standard InChI is InChI=1S/C12H18N2O2/c1-2-9-5-3-4-6-11(9)14-8-10(7-13-14)12(15)16/h7-9,11H,2-6H2,1H3,(H,15,16). The van der Waals surface area contributed by atoms with Crippen molar-refractivity contribution in [3.05, 3.63) is 18.0 Å². The third-order valence-corrected chi connectivity index (χ3v) is 3.58. The summed E-state index contributed by atoms with van der Waals surface area (Å²) in [6.07, 6.45) is 9.14. The number of aromatic carboxylic acids is 1. The minimum atomic E-state index is -0.893. The fraction of sp³-hybridized carbons (Fsp3) is 0.667. The molecule has 16 heavy (non-hydrogen) atoms. The Bertz CT molecular complexity index is 373. The van der Waals surface area contributed by atoms with Gasteiger partial charge >= 0.3 is 5.97 Å². The van der Waals surface area contributed by atoms with Gasteiger partial charge in [-0.2, -0.15) is 5.10 Å². The summed E-state index contributed by atoms with van der Waals surface area (Å²) < 4.78 is 1.86. The molecule has 2 unspecified atom stereocenters. The summed E-state index contributed by atoms with van der Waals surface area (Å²) in [4.78, 5) is 10.8. The molecule has 1 saturated carbocycles. The SMILES string of the molecule is CCC1CCCCC1n1cc(C(=O)O)cn1. The van der Waals surface area contributed by atoms with E-state index in [0.717, 1.165) is 12.8 Å². The second-order valence-electron chi connectivity index (χ2n) is 4.53. The first-order valence-corrected chi connectivity index (χ1v) is 5.99. The maximum Gasteiger partial charge on any atom is 0.338 e. The van der Waals surface area contributed by atoms with Crippen LogP contribution in [0.3, 0.4) is 0 Å². The lowest BCUT2D eigenvalue weighted by Gasteiger charge is -2.30. The summed E-state index contributed by atoms with van der Waals surface area (Å²) >= 11 is 0. The molecular weight excluding hydrogens is 204 g/mol. The number of aromatic nitrogens is 2. The average Bonchev–Trinajstić information content (AvgIpc) is 2.78. The zero-order valence-corrected chi connectivity index (χ0v) is 9.59. The van der Waals surface area contributed by atoms with Gasteiger partial charge in [0.2, 0.25) is 0 Å². The molecule has 1 heterocycles. The van der Waals surface area contributed by atoms with Gasteiger partial charge in [0.1, 0.15) is 0 Å². The highest BCUT2D eigenvalue weighted by molar-refractivity contribution is 5.86. The van der Waals surface area contributed by atoms with E-state index in [4.69, 9.17) is 5.11 Å². The molecule has 4 heteroatoms. The van der Waals surface area contributed by atoms with E-state index in [-0.39, 0.29) is 0 Å². The quantitative estimate of drug-likeness (QED) is 0.855. The van der Waals surface area contributed by atoms with Crippen molar-refractivity contribution in [2.45, 2.75) is 45.1 Å². The Labute approximate surface area is 95.3 Å². The number of nitrogens with zero attached hydrogens (tertiary/aromatic N) is 2. The molecule has 1 aromatic rings. The van der Waals surface area contributed by atoms with Crippen molar-refractivity contribution < 1.29 is 9.90 Å². The molecule has 0 saturated heterocycles. The van der Waals surface area contributed by atoms with Crippen LogP contribution in [-0.4, -0.2) is 20.9 Å². The van der Waals surface area contributed by atoms with Crippen LogP contribution < -0.4 is 0 Å². The van der Waals surface area contributed by atoms with Gasteiger partial charge in [-0.05, 0) is 18.8 Å². The van der Waals surface area contributed by atoms with Crippen LogP contribution in [0.2, 0.25) is 0 Å². The monoisotopic (exact) mass is 222 g/mol. The van der Waals surface area contributed by atoms with E-state index in [1.54, 1.807) is 6.20 Å². The van der Waals surface area contributed by atoms with Gasteiger partial charge in [-0.3, -0.25) is 4.68 Å². The van der Waals surface area contributed by atoms with Crippen LogP contribution in [0.1, 0.15) is 55.4 Å². The lowest BCUT2D eigenvalue weighted by Crippen LogP contribution is -2.23. The Balaban J connectivity index is 2.17. The first kappa shape index (κ1) is 11.2. The maximum absolute atomic E-state index is 10.8. The van der Waals surface area contributed by atoms with Crippen LogP contribution >= 0.6 is 0 Å². The summed E-state index contributed by atoms with van der Waals surface area (Å²) in [5.74, 6) is -0.245. The van der Waals surface area contributed by atoms with Gasteiger partial charge in [-0.25, -0.2) is 4.79 Å². The Morgan fingerprint density at radius 1 is 1.56 bits per heavy atom. The predicted molar refractivity (Wildman–Crippen MR) is 60.5 cm³/mol. The van der Waals surface area contributed by atoms with Crippen molar-refractivity contribution >= 4 is 5.97 Å². The zero-order valence-electron chi connectivity index (χ0n) is 9.59. The number of hydrogen-bond donors (Lipinski definition) is 1. The van der Waals surface area contributed by atoms with E-state index in [2.05, 4.69) is 12.0 Å². The molecule has 0 aromatic carbocycles. The van der Waals surface area contributed by atoms with Crippen molar-refractivity contribution in [2.75, 3.05) is 0 Å². The second kappa shape index (κ2) is 4.68. The summed E-state index contributed by atoms with van der Waals surface area (Å²) in [6.45, 7) is 2.20. The minimum Gasteiger partial charge on any atom is -0.478 e. The lowest BCUT2D eigenvalue weighted by molar-refractivity contribution is 0.0696. The first-order valence-electron chi connectivity index (χ1n) is 5.99. The molecule has 0 aliphatic heterocycles. The van der Waals surface area contributed by atoms with Crippen LogP contribution in [-0.2, 0) is 0 Å². The summed E-state index contributed by atoms with van der Waals surface area (Å²) in [5.41, 5.74) is 0.292. The van der Waals surface area contributed by atoms with E-state index in [9.17, 15) is 4.79 Å². The first-order chi connectivity index (χ1) is 7.72. The fourth-order valence-corrected chi connectivity index (χ4v) is 2.64. The van der Waals surface area contributed by atoms with Gasteiger partial charge in [0, 0.05) is 6.20 Å². The number of hydrogen-bond acceptors (Lipinski definition) is 2. The predicted octanol–water partition coefficient (Wildman–Crippen LogP) is 2.72. The van der Waals surface area contributed by atoms with Crippen molar-refractivity contribution in [2.24, 2.45) is 5.92 Å². The minimum absolute atomic E-state index is 0.292. The van der Waals surface area contributed by atoms with Crippen LogP contribution in [0.5, 0.6) is 0 Å². The van der Waals surface area contributed by atoms with E-state index in [1.165, 1.54) is 25.5 Å². The van der Waals surface area contributed by atoms with Gasteiger partial charge in [0.15, 0.2) is 0 Å². The molecule has 0 spiro atoms. The molecule has 4 nitrogen and oxygen atoms in total. The molecule has 88 valence electrons. The van der Waals surface area contributed by atoms with Gasteiger partial charge in [0.25, 0.3) is 0 Å². The topological polar surface area (TPSA) is 55.1 Å². The molecule has 1 aromatic heterocycles. The Kier molecular flexibility index (Phi) is 3.27. The number of rotatable bonds is 3. The van der Waals surface area contributed by atoms with E-state index >= 15 is 0 Å². The van der Waals surface area contributed by atoms with E-state index < -0.39 is 5.97 Å². The number of carboxylic acids is 1. The Morgan fingerprint density at radius 2 is 2.31 bits per heavy atom. The molecule has 1 N–H and O–H groups in total. The maximum atomic E-state index is 10.8. The van der Waals surface area contributed by atoms with Crippen LogP contribution in [0, 0.1) is 5.92 Å². The molecule has 0 radical (unpaired) electrons. The smallest absolute Gasteiger partial charge is 0.338 e. The average molecular weight is 222 g/mol. The molecule has 2 rings (SSSR count). The molecule has 2 atom stereocenters. The van der Waals surface area contributed by atoms with Gasteiger partial charge in [0.05, 0.1) is 17.8 Å². The highest BCUT2D eigenvalue weighted by atomic mass is 16.4. The molecule has 0 amide bonds. The van der Waals surface area contributed by atoms with Crippen molar-refractivity contribution in [1.29, 1.82) is 0 Å². The third-order valence-electron chi connectivity index (χ3n) is 3.58. The normalized spacial score (nSPS) is 25.6.